The Morgan fingerprint density at radius 2 is 2.17 bits per heavy atom. The molecule has 1 fully saturated rings. The first-order chi connectivity index (χ1) is 8.68. The average molecular weight is 248 g/mol. The van der Waals surface area contributed by atoms with Crippen LogP contribution in [0.25, 0.3) is 0 Å². The molecule has 0 bridgehead atoms. The number of carbonyl (C=O) groups is 1. The van der Waals surface area contributed by atoms with Crippen molar-refractivity contribution in [2.45, 2.75) is 26.0 Å². The summed E-state index contributed by atoms with van der Waals surface area (Å²) in [5.41, 5.74) is 0. The fourth-order valence-corrected chi connectivity index (χ4v) is 2.16. The summed E-state index contributed by atoms with van der Waals surface area (Å²) in [6, 6.07) is 9.70. The minimum absolute atomic E-state index is 0.0628. The second-order valence-corrected chi connectivity index (χ2v) is 4.66. The van der Waals surface area contributed by atoms with Crippen LogP contribution >= 0.6 is 0 Å². The predicted molar refractivity (Wildman–Crippen MR) is 70.6 cm³/mol. The van der Waals surface area contributed by atoms with Gasteiger partial charge in [-0.05, 0) is 26.0 Å². The summed E-state index contributed by atoms with van der Waals surface area (Å²) in [5, 5.41) is 3.27. The van der Waals surface area contributed by atoms with E-state index in [-0.39, 0.29) is 11.9 Å². The number of para-hydroxylation sites is 1. The van der Waals surface area contributed by atoms with Crippen molar-refractivity contribution in [2.24, 2.45) is 0 Å². The van der Waals surface area contributed by atoms with E-state index in [9.17, 15) is 4.79 Å². The molecule has 0 saturated carbocycles. The van der Waals surface area contributed by atoms with Crippen LogP contribution in [-0.2, 0) is 4.79 Å². The molecule has 4 nitrogen and oxygen atoms in total. The molecule has 0 radical (unpaired) electrons. The number of nitrogens with one attached hydrogen (secondary N) is 1. The molecular weight excluding hydrogens is 228 g/mol. The molecule has 1 N–H and O–H groups in total. The highest BCUT2D eigenvalue weighted by Gasteiger charge is 2.27. The third-order valence-corrected chi connectivity index (χ3v) is 3.19. The van der Waals surface area contributed by atoms with Crippen molar-refractivity contribution in [1.29, 1.82) is 0 Å². The normalized spacial score (nSPS) is 21.4. The standard InChI is InChI=1S/C14H20N2O2/c1-11-10-15-8-9-16(11)14(17)12(2)18-13-6-4-3-5-7-13/h3-7,11-12,15H,8-10H2,1-2H3. The predicted octanol–water partition coefficient (Wildman–Crippen LogP) is 1.27. The van der Waals surface area contributed by atoms with Crippen LogP contribution in [0.4, 0.5) is 0 Å². The van der Waals surface area contributed by atoms with E-state index in [1.165, 1.54) is 0 Å². The molecule has 1 aromatic rings. The van der Waals surface area contributed by atoms with Gasteiger partial charge in [-0.15, -0.1) is 0 Å². The zero-order valence-electron chi connectivity index (χ0n) is 10.9. The van der Waals surface area contributed by atoms with Crippen LogP contribution in [0, 0.1) is 0 Å². The molecule has 2 unspecified atom stereocenters. The van der Waals surface area contributed by atoms with Crippen molar-refractivity contribution in [1.82, 2.24) is 10.2 Å². The summed E-state index contributed by atoms with van der Waals surface area (Å²) < 4.78 is 5.67. The second-order valence-electron chi connectivity index (χ2n) is 4.66. The number of piperazine rings is 1. The van der Waals surface area contributed by atoms with Crippen molar-refractivity contribution < 1.29 is 9.53 Å². The Labute approximate surface area is 108 Å². The molecule has 18 heavy (non-hydrogen) atoms. The largest absolute Gasteiger partial charge is 0.481 e. The van der Waals surface area contributed by atoms with Crippen LogP contribution in [0.1, 0.15) is 13.8 Å². The van der Waals surface area contributed by atoms with Crippen LogP contribution < -0.4 is 10.1 Å². The van der Waals surface area contributed by atoms with Gasteiger partial charge in [0.1, 0.15) is 5.75 Å². The maximum atomic E-state index is 12.3. The lowest BCUT2D eigenvalue weighted by molar-refractivity contribution is -0.140. The van der Waals surface area contributed by atoms with Gasteiger partial charge in [-0.3, -0.25) is 4.79 Å². The highest BCUT2D eigenvalue weighted by molar-refractivity contribution is 5.81. The summed E-state index contributed by atoms with van der Waals surface area (Å²) in [5.74, 6) is 0.800. The van der Waals surface area contributed by atoms with Crippen LogP contribution in [0.2, 0.25) is 0 Å². The van der Waals surface area contributed by atoms with Gasteiger partial charge in [0.25, 0.3) is 5.91 Å². The third kappa shape index (κ3) is 3.01. The van der Waals surface area contributed by atoms with E-state index >= 15 is 0 Å². The first-order valence-corrected chi connectivity index (χ1v) is 6.41. The Balaban J connectivity index is 1.96. The maximum absolute atomic E-state index is 12.3. The lowest BCUT2D eigenvalue weighted by atomic mass is 10.2. The van der Waals surface area contributed by atoms with Gasteiger partial charge >= 0.3 is 0 Å². The lowest BCUT2D eigenvalue weighted by Gasteiger charge is -2.35. The number of hydrogen-bond donors (Lipinski definition) is 1. The molecule has 98 valence electrons. The number of nitrogens with zero attached hydrogens (tertiary/aromatic N) is 1. The third-order valence-electron chi connectivity index (χ3n) is 3.19. The number of benzene rings is 1. The molecule has 2 rings (SSSR count). The van der Waals surface area contributed by atoms with E-state index in [0.29, 0.717) is 0 Å². The summed E-state index contributed by atoms with van der Waals surface area (Å²) in [6.07, 6.45) is -0.437. The molecule has 0 aromatic heterocycles. The smallest absolute Gasteiger partial charge is 0.263 e. The van der Waals surface area contributed by atoms with E-state index in [0.717, 1.165) is 25.4 Å². The Bertz CT molecular complexity index is 394. The Morgan fingerprint density at radius 3 is 2.83 bits per heavy atom. The van der Waals surface area contributed by atoms with E-state index in [4.69, 9.17) is 4.74 Å². The van der Waals surface area contributed by atoms with Gasteiger partial charge in [0.05, 0.1) is 0 Å². The fraction of sp³-hybridized carbons (Fsp3) is 0.500. The number of rotatable bonds is 3. The Hall–Kier alpha value is -1.55. The zero-order valence-corrected chi connectivity index (χ0v) is 10.9. The highest BCUT2D eigenvalue weighted by Crippen LogP contribution is 2.13. The molecule has 1 aliphatic heterocycles. The summed E-state index contributed by atoms with van der Waals surface area (Å²) in [4.78, 5) is 14.2. The van der Waals surface area contributed by atoms with Crippen molar-refractivity contribution in [3.05, 3.63) is 30.3 Å². The summed E-state index contributed by atoms with van der Waals surface area (Å²) in [6.45, 7) is 6.32. The monoisotopic (exact) mass is 248 g/mol. The summed E-state index contributed by atoms with van der Waals surface area (Å²) >= 11 is 0. The quantitative estimate of drug-likeness (QED) is 0.876. The number of amides is 1. The second kappa shape index (κ2) is 5.87. The molecule has 2 atom stereocenters. The minimum Gasteiger partial charge on any atom is -0.481 e. The van der Waals surface area contributed by atoms with Gasteiger partial charge < -0.3 is 15.0 Å². The first-order valence-electron chi connectivity index (χ1n) is 6.41. The van der Waals surface area contributed by atoms with Crippen molar-refractivity contribution in [2.75, 3.05) is 19.6 Å². The highest BCUT2D eigenvalue weighted by atomic mass is 16.5. The van der Waals surface area contributed by atoms with Crippen molar-refractivity contribution in [3.8, 4) is 5.75 Å². The molecule has 1 heterocycles. The van der Waals surface area contributed by atoms with Gasteiger partial charge in [-0.25, -0.2) is 0 Å². The minimum atomic E-state index is -0.437. The fourth-order valence-electron chi connectivity index (χ4n) is 2.16. The molecule has 1 aliphatic rings. The van der Waals surface area contributed by atoms with Gasteiger partial charge in [0.15, 0.2) is 6.10 Å². The molecule has 1 aromatic carbocycles. The number of ether oxygens (including phenoxy) is 1. The molecule has 4 heteroatoms. The molecule has 1 saturated heterocycles. The summed E-state index contributed by atoms with van der Waals surface area (Å²) in [7, 11) is 0. The van der Waals surface area contributed by atoms with E-state index in [1.807, 2.05) is 42.2 Å². The molecule has 0 aliphatic carbocycles. The number of hydrogen-bond acceptors (Lipinski definition) is 3. The Morgan fingerprint density at radius 1 is 1.44 bits per heavy atom. The van der Waals surface area contributed by atoms with E-state index in [2.05, 4.69) is 12.2 Å². The van der Waals surface area contributed by atoms with E-state index in [1.54, 1.807) is 0 Å². The van der Waals surface area contributed by atoms with Gasteiger partial charge in [0.2, 0.25) is 0 Å². The number of carbonyl (C=O) groups excluding carboxylic acids is 1. The van der Waals surface area contributed by atoms with Gasteiger partial charge in [-0.2, -0.15) is 0 Å². The van der Waals surface area contributed by atoms with Crippen LogP contribution in [0.15, 0.2) is 30.3 Å². The van der Waals surface area contributed by atoms with Crippen molar-refractivity contribution in [3.63, 3.8) is 0 Å². The van der Waals surface area contributed by atoms with Crippen LogP contribution in [0.3, 0.4) is 0 Å². The van der Waals surface area contributed by atoms with Gasteiger partial charge in [0, 0.05) is 25.7 Å². The SMILES string of the molecule is CC(Oc1ccccc1)C(=O)N1CCNCC1C. The molecule has 0 spiro atoms. The average Bonchev–Trinajstić information content (AvgIpc) is 2.39. The van der Waals surface area contributed by atoms with Crippen LogP contribution in [0.5, 0.6) is 5.75 Å². The topological polar surface area (TPSA) is 41.6 Å². The molecule has 1 amide bonds. The van der Waals surface area contributed by atoms with Crippen molar-refractivity contribution >= 4 is 5.91 Å². The Kier molecular flexibility index (Phi) is 4.20. The maximum Gasteiger partial charge on any atom is 0.263 e. The van der Waals surface area contributed by atoms with E-state index < -0.39 is 6.10 Å². The zero-order chi connectivity index (χ0) is 13.0. The first kappa shape index (κ1) is 12.9. The van der Waals surface area contributed by atoms with Gasteiger partial charge in [-0.1, -0.05) is 18.2 Å². The molecular formula is C14H20N2O2. The lowest BCUT2D eigenvalue weighted by Crippen LogP contribution is -2.55. The van der Waals surface area contributed by atoms with Crippen LogP contribution in [-0.4, -0.2) is 42.6 Å².